The highest BCUT2D eigenvalue weighted by atomic mass is 16.5. The molecule has 102 valence electrons. The summed E-state index contributed by atoms with van der Waals surface area (Å²) in [5.41, 5.74) is 1.06. The van der Waals surface area contributed by atoms with Crippen LogP contribution in [0.5, 0.6) is 5.75 Å². The Hall–Kier alpha value is -1.84. The number of rotatable bonds is 3. The molecule has 0 aliphatic heterocycles. The molecule has 0 spiro atoms. The Kier molecular flexibility index (Phi) is 3.60. The van der Waals surface area contributed by atoms with Crippen molar-refractivity contribution in [3.63, 3.8) is 0 Å². The number of aromatic nitrogens is 2. The van der Waals surface area contributed by atoms with Crippen molar-refractivity contribution in [2.24, 2.45) is 11.3 Å². The van der Waals surface area contributed by atoms with Gasteiger partial charge in [0.1, 0.15) is 5.75 Å². The summed E-state index contributed by atoms with van der Waals surface area (Å²) < 4.78 is 5.29. The van der Waals surface area contributed by atoms with Gasteiger partial charge >= 0.3 is 0 Å². The van der Waals surface area contributed by atoms with E-state index in [1.165, 1.54) is 0 Å². The fourth-order valence-electron chi connectivity index (χ4n) is 1.63. The number of benzene rings is 1. The zero-order valence-electron chi connectivity index (χ0n) is 11.8. The Balaban J connectivity index is 2.13. The van der Waals surface area contributed by atoms with Crippen molar-refractivity contribution in [3.05, 3.63) is 30.2 Å². The van der Waals surface area contributed by atoms with E-state index in [-0.39, 0.29) is 11.2 Å². The van der Waals surface area contributed by atoms with Gasteiger partial charge < -0.3 is 9.63 Å². The largest absolute Gasteiger partial charge is 0.508 e. The zero-order valence-corrected chi connectivity index (χ0v) is 11.8. The van der Waals surface area contributed by atoms with Crippen LogP contribution in [0.4, 0.5) is 0 Å². The van der Waals surface area contributed by atoms with E-state index in [0.29, 0.717) is 17.6 Å². The summed E-state index contributed by atoms with van der Waals surface area (Å²) in [5, 5.41) is 13.2. The average molecular weight is 260 g/mol. The molecule has 1 aromatic heterocycles. The lowest BCUT2D eigenvalue weighted by Gasteiger charge is -2.25. The van der Waals surface area contributed by atoms with E-state index < -0.39 is 0 Å². The molecular formula is C15H20N2O2. The zero-order chi connectivity index (χ0) is 14.0. The van der Waals surface area contributed by atoms with Gasteiger partial charge in [0.15, 0.2) is 0 Å². The molecule has 19 heavy (non-hydrogen) atoms. The Morgan fingerprint density at radius 2 is 1.84 bits per heavy atom. The van der Waals surface area contributed by atoms with Crippen molar-refractivity contribution >= 4 is 0 Å². The molecule has 0 saturated carbocycles. The van der Waals surface area contributed by atoms with Crippen LogP contribution in [0.3, 0.4) is 0 Å². The van der Waals surface area contributed by atoms with Crippen LogP contribution in [0.2, 0.25) is 0 Å². The van der Waals surface area contributed by atoms with E-state index in [2.05, 4.69) is 37.8 Å². The number of aromatic hydroxyl groups is 1. The van der Waals surface area contributed by atoms with Crippen molar-refractivity contribution in [2.75, 3.05) is 0 Å². The maximum absolute atomic E-state index is 9.25. The first kappa shape index (κ1) is 13.6. The van der Waals surface area contributed by atoms with Gasteiger partial charge in [-0.3, -0.25) is 0 Å². The predicted octanol–water partition coefficient (Wildman–Crippen LogP) is 3.67. The molecule has 4 heteroatoms. The Labute approximate surface area is 113 Å². The molecule has 0 fully saturated rings. The topological polar surface area (TPSA) is 59.2 Å². The molecule has 1 heterocycles. The average Bonchev–Trinajstić information content (AvgIpc) is 2.77. The maximum atomic E-state index is 9.25. The highest BCUT2D eigenvalue weighted by Crippen LogP contribution is 2.28. The van der Waals surface area contributed by atoms with Crippen molar-refractivity contribution in [3.8, 4) is 17.1 Å². The number of phenolic OH excluding ortho intramolecular Hbond substituents is 1. The van der Waals surface area contributed by atoms with Gasteiger partial charge in [0, 0.05) is 12.0 Å². The van der Waals surface area contributed by atoms with E-state index in [4.69, 9.17) is 4.52 Å². The summed E-state index contributed by atoms with van der Waals surface area (Å²) in [6.45, 7) is 8.79. The summed E-state index contributed by atoms with van der Waals surface area (Å²) >= 11 is 0. The third-order valence-corrected chi connectivity index (χ3v) is 3.55. The summed E-state index contributed by atoms with van der Waals surface area (Å²) in [5.74, 6) is 1.91. The van der Waals surface area contributed by atoms with Crippen LogP contribution in [0.25, 0.3) is 11.4 Å². The van der Waals surface area contributed by atoms with Crippen LogP contribution >= 0.6 is 0 Å². The summed E-state index contributed by atoms with van der Waals surface area (Å²) in [6.07, 6.45) is 0.772. The molecule has 1 aromatic carbocycles. The van der Waals surface area contributed by atoms with E-state index >= 15 is 0 Å². The fraction of sp³-hybridized carbons (Fsp3) is 0.467. The van der Waals surface area contributed by atoms with Crippen molar-refractivity contribution in [2.45, 2.75) is 34.1 Å². The highest BCUT2D eigenvalue weighted by molar-refractivity contribution is 5.55. The quantitative estimate of drug-likeness (QED) is 0.914. The van der Waals surface area contributed by atoms with Gasteiger partial charge in [-0.1, -0.05) is 32.9 Å². The van der Waals surface area contributed by atoms with E-state index in [1.54, 1.807) is 24.3 Å². The maximum Gasteiger partial charge on any atom is 0.227 e. The molecule has 1 unspecified atom stereocenters. The summed E-state index contributed by atoms with van der Waals surface area (Å²) in [7, 11) is 0. The molecule has 0 aliphatic carbocycles. The van der Waals surface area contributed by atoms with Gasteiger partial charge in [-0.2, -0.15) is 4.98 Å². The molecular weight excluding hydrogens is 240 g/mol. The lowest BCUT2D eigenvalue weighted by molar-refractivity contribution is 0.236. The predicted molar refractivity (Wildman–Crippen MR) is 73.7 cm³/mol. The number of hydrogen-bond donors (Lipinski definition) is 1. The van der Waals surface area contributed by atoms with E-state index in [9.17, 15) is 5.11 Å². The molecule has 0 amide bonds. The van der Waals surface area contributed by atoms with Crippen LogP contribution in [0.15, 0.2) is 28.8 Å². The van der Waals surface area contributed by atoms with Crippen LogP contribution in [-0.2, 0) is 6.42 Å². The molecule has 0 saturated heterocycles. The number of hydrogen-bond acceptors (Lipinski definition) is 4. The molecule has 2 rings (SSSR count). The molecule has 0 radical (unpaired) electrons. The highest BCUT2D eigenvalue weighted by Gasteiger charge is 2.22. The SMILES string of the molecule is CC(Cc1nc(-c2ccc(O)cc2)no1)C(C)(C)C. The van der Waals surface area contributed by atoms with Gasteiger partial charge in [0.25, 0.3) is 0 Å². The van der Waals surface area contributed by atoms with Crippen LogP contribution in [0, 0.1) is 11.3 Å². The number of phenols is 1. The van der Waals surface area contributed by atoms with Gasteiger partial charge in [-0.25, -0.2) is 0 Å². The Morgan fingerprint density at radius 1 is 1.21 bits per heavy atom. The third kappa shape index (κ3) is 3.34. The minimum absolute atomic E-state index is 0.215. The smallest absolute Gasteiger partial charge is 0.227 e. The molecule has 1 N–H and O–H groups in total. The molecule has 2 aromatic rings. The van der Waals surface area contributed by atoms with Gasteiger partial charge in [-0.15, -0.1) is 0 Å². The van der Waals surface area contributed by atoms with E-state index in [0.717, 1.165) is 12.0 Å². The Bertz CT molecular complexity index is 538. The third-order valence-electron chi connectivity index (χ3n) is 3.55. The molecule has 0 aliphatic rings. The van der Waals surface area contributed by atoms with Gasteiger partial charge in [-0.05, 0) is 35.6 Å². The van der Waals surface area contributed by atoms with Gasteiger partial charge in [0.05, 0.1) is 0 Å². The summed E-state index contributed by atoms with van der Waals surface area (Å²) in [6, 6.07) is 6.78. The van der Waals surface area contributed by atoms with Crippen LogP contribution in [-0.4, -0.2) is 15.2 Å². The summed E-state index contributed by atoms with van der Waals surface area (Å²) in [4.78, 5) is 4.40. The second kappa shape index (κ2) is 5.03. The van der Waals surface area contributed by atoms with Crippen molar-refractivity contribution in [1.82, 2.24) is 10.1 Å². The first-order chi connectivity index (χ1) is 8.86. The minimum Gasteiger partial charge on any atom is -0.508 e. The standard InChI is InChI=1S/C15H20N2O2/c1-10(15(2,3)4)9-13-16-14(17-19-13)11-5-7-12(18)8-6-11/h5-8,10,18H,9H2,1-4H3. The fourth-order valence-corrected chi connectivity index (χ4v) is 1.63. The monoisotopic (exact) mass is 260 g/mol. The lowest BCUT2D eigenvalue weighted by Crippen LogP contribution is -2.19. The molecule has 4 nitrogen and oxygen atoms in total. The van der Waals surface area contributed by atoms with Gasteiger partial charge in [0.2, 0.25) is 11.7 Å². The van der Waals surface area contributed by atoms with Crippen molar-refractivity contribution < 1.29 is 9.63 Å². The normalized spacial score (nSPS) is 13.5. The first-order valence-electron chi connectivity index (χ1n) is 6.48. The lowest BCUT2D eigenvalue weighted by atomic mass is 9.80. The molecule has 0 bridgehead atoms. The Morgan fingerprint density at radius 3 is 2.42 bits per heavy atom. The number of nitrogens with zero attached hydrogens (tertiary/aromatic N) is 2. The van der Waals surface area contributed by atoms with Crippen LogP contribution < -0.4 is 0 Å². The van der Waals surface area contributed by atoms with Crippen LogP contribution in [0.1, 0.15) is 33.6 Å². The second-order valence-corrected chi connectivity index (χ2v) is 6.03. The first-order valence-corrected chi connectivity index (χ1v) is 6.48. The van der Waals surface area contributed by atoms with Crippen molar-refractivity contribution in [1.29, 1.82) is 0 Å². The van der Waals surface area contributed by atoms with E-state index in [1.807, 2.05) is 0 Å². The minimum atomic E-state index is 0.215. The molecule has 1 atom stereocenters. The second-order valence-electron chi connectivity index (χ2n) is 6.03.